The summed E-state index contributed by atoms with van der Waals surface area (Å²) in [6.45, 7) is 4.85. The third kappa shape index (κ3) is 4.74. The Morgan fingerprint density at radius 3 is 2.50 bits per heavy atom. The van der Waals surface area contributed by atoms with E-state index in [0.717, 1.165) is 41.5 Å². The van der Waals surface area contributed by atoms with Gasteiger partial charge in [0.15, 0.2) is 5.84 Å². The van der Waals surface area contributed by atoms with Gasteiger partial charge in [0.05, 0.1) is 24.8 Å². The van der Waals surface area contributed by atoms with Crippen molar-refractivity contribution in [2.75, 3.05) is 38.2 Å². The van der Waals surface area contributed by atoms with Crippen molar-refractivity contribution in [3.63, 3.8) is 0 Å². The largest absolute Gasteiger partial charge is 0.495 e. The molecule has 1 saturated heterocycles. The number of ether oxygens (including phenoxy) is 1. The molecule has 0 spiro atoms. The van der Waals surface area contributed by atoms with Crippen LogP contribution in [0.2, 0.25) is 0 Å². The first-order valence-corrected chi connectivity index (χ1v) is 10.4. The lowest BCUT2D eigenvalue weighted by Crippen LogP contribution is -2.48. The minimum Gasteiger partial charge on any atom is -0.495 e. The molecule has 8 heteroatoms. The first-order chi connectivity index (χ1) is 15.6. The molecule has 0 radical (unpaired) electrons. The molecule has 3 aromatic rings. The zero-order valence-electron chi connectivity index (χ0n) is 18.1. The Morgan fingerprint density at radius 1 is 1.12 bits per heavy atom. The van der Waals surface area contributed by atoms with Crippen LogP contribution in [-0.4, -0.2) is 58.8 Å². The van der Waals surface area contributed by atoms with Crippen LogP contribution in [0.5, 0.6) is 5.75 Å². The Labute approximate surface area is 186 Å². The Balaban J connectivity index is 1.42. The van der Waals surface area contributed by atoms with Gasteiger partial charge in [-0.1, -0.05) is 17.3 Å². The molecular weight excluding hydrogens is 409 g/mol. The minimum absolute atomic E-state index is 0.239. The van der Waals surface area contributed by atoms with Crippen LogP contribution in [0.25, 0.3) is 11.8 Å². The molecule has 1 fully saturated rings. The van der Waals surface area contributed by atoms with Crippen LogP contribution >= 0.6 is 0 Å². The van der Waals surface area contributed by atoms with Crippen molar-refractivity contribution >= 4 is 17.6 Å². The summed E-state index contributed by atoms with van der Waals surface area (Å²) in [5.74, 6) is 0.981. The fourth-order valence-corrected chi connectivity index (χ4v) is 3.78. The number of aromatic nitrogens is 2. The predicted molar refractivity (Wildman–Crippen MR) is 123 cm³/mol. The quantitative estimate of drug-likeness (QED) is 0.285. The van der Waals surface area contributed by atoms with E-state index in [4.69, 9.17) is 4.74 Å². The van der Waals surface area contributed by atoms with Crippen molar-refractivity contribution in [2.24, 2.45) is 5.16 Å². The van der Waals surface area contributed by atoms with E-state index in [1.165, 1.54) is 12.1 Å². The SMILES string of the molecule is COc1cc(/C=C/C(=N/O)N2CCN(c3ccc(F)cc3)CC2)ccc1-n1cnc(C)c1. The standard InChI is InChI=1S/C24H26FN5O2/c1-18-16-30(17-26-18)22-9-3-19(15-23(22)32-2)4-10-24(27-31)29-13-11-28(12-14-29)21-7-5-20(25)6-8-21/h3-10,15-17,31H,11-14H2,1-2H3/b10-4+,27-24-. The summed E-state index contributed by atoms with van der Waals surface area (Å²) in [7, 11) is 1.64. The Bertz CT molecular complexity index is 1120. The Kier molecular flexibility index (Phi) is 6.39. The van der Waals surface area contributed by atoms with Gasteiger partial charge in [0.1, 0.15) is 11.6 Å². The van der Waals surface area contributed by atoms with Crippen LogP contribution in [0.15, 0.2) is 66.2 Å². The van der Waals surface area contributed by atoms with Gasteiger partial charge in [-0.25, -0.2) is 9.37 Å². The van der Waals surface area contributed by atoms with Gasteiger partial charge in [-0.05, 0) is 55.0 Å². The lowest BCUT2D eigenvalue weighted by atomic mass is 10.1. The van der Waals surface area contributed by atoms with Crippen molar-refractivity contribution < 1.29 is 14.3 Å². The summed E-state index contributed by atoms with van der Waals surface area (Å²) in [6.07, 6.45) is 7.39. The van der Waals surface area contributed by atoms with Crippen LogP contribution in [0.4, 0.5) is 10.1 Å². The molecule has 1 N–H and O–H groups in total. The topological polar surface area (TPSA) is 66.1 Å². The van der Waals surface area contributed by atoms with Crippen LogP contribution in [0.3, 0.4) is 0 Å². The van der Waals surface area contributed by atoms with Gasteiger partial charge in [-0.2, -0.15) is 0 Å². The normalized spacial score (nSPS) is 14.9. The zero-order valence-corrected chi connectivity index (χ0v) is 18.1. The van der Waals surface area contributed by atoms with Crippen LogP contribution < -0.4 is 9.64 Å². The summed E-state index contributed by atoms with van der Waals surface area (Å²) in [5.41, 5.74) is 3.75. The molecule has 0 unspecified atom stereocenters. The molecule has 1 aliphatic heterocycles. The van der Waals surface area contributed by atoms with E-state index in [9.17, 15) is 9.60 Å². The molecule has 4 rings (SSSR count). The third-order valence-electron chi connectivity index (χ3n) is 5.52. The third-order valence-corrected chi connectivity index (χ3v) is 5.52. The summed E-state index contributed by atoms with van der Waals surface area (Å²) in [5, 5.41) is 13.1. The molecular formula is C24H26FN5O2. The number of piperazine rings is 1. The summed E-state index contributed by atoms with van der Waals surface area (Å²) in [6, 6.07) is 12.4. The van der Waals surface area contributed by atoms with Crippen LogP contribution in [0.1, 0.15) is 11.3 Å². The molecule has 1 aromatic heterocycles. The number of hydrogen-bond donors (Lipinski definition) is 1. The number of methoxy groups -OCH3 is 1. The number of rotatable bonds is 5. The monoisotopic (exact) mass is 435 g/mol. The van der Waals surface area contributed by atoms with Crippen molar-refractivity contribution in [3.8, 4) is 11.4 Å². The number of aryl methyl sites for hydroxylation is 1. The smallest absolute Gasteiger partial charge is 0.168 e. The molecule has 166 valence electrons. The highest BCUT2D eigenvalue weighted by Gasteiger charge is 2.19. The lowest BCUT2D eigenvalue weighted by Gasteiger charge is -2.36. The van der Waals surface area contributed by atoms with Crippen molar-refractivity contribution in [1.29, 1.82) is 0 Å². The molecule has 7 nitrogen and oxygen atoms in total. The average Bonchev–Trinajstić information content (AvgIpc) is 3.26. The summed E-state index contributed by atoms with van der Waals surface area (Å²) < 4.78 is 20.6. The number of oxime groups is 1. The maximum Gasteiger partial charge on any atom is 0.168 e. The number of amidine groups is 1. The number of benzene rings is 2. The number of halogens is 1. The fraction of sp³-hybridized carbons (Fsp3) is 0.250. The van der Waals surface area contributed by atoms with Gasteiger partial charge in [0.2, 0.25) is 0 Å². The predicted octanol–water partition coefficient (Wildman–Crippen LogP) is 3.95. The number of hydrogen-bond acceptors (Lipinski definition) is 5. The number of imidazole rings is 1. The first kappa shape index (κ1) is 21.4. The van der Waals surface area contributed by atoms with Crippen molar-refractivity contribution in [2.45, 2.75) is 6.92 Å². The average molecular weight is 436 g/mol. The van der Waals surface area contributed by atoms with E-state index < -0.39 is 0 Å². The summed E-state index contributed by atoms with van der Waals surface area (Å²) >= 11 is 0. The van der Waals surface area contributed by atoms with Crippen LogP contribution in [-0.2, 0) is 0 Å². The van der Waals surface area contributed by atoms with E-state index >= 15 is 0 Å². The lowest BCUT2D eigenvalue weighted by molar-refractivity contribution is 0.297. The van der Waals surface area contributed by atoms with E-state index in [0.29, 0.717) is 18.9 Å². The molecule has 0 bridgehead atoms. The highest BCUT2D eigenvalue weighted by Crippen LogP contribution is 2.25. The second-order valence-electron chi connectivity index (χ2n) is 7.60. The van der Waals surface area contributed by atoms with Gasteiger partial charge >= 0.3 is 0 Å². The van der Waals surface area contributed by atoms with Crippen LogP contribution in [0, 0.1) is 12.7 Å². The molecule has 0 atom stereocenters. The maximum absolute atomic E-state index is 13.2. The van der Waals surface area contributed by atoms with Crippen molar-refractivity contribution in [1.82, 2.24) is 14.5 Å². The molecule has 0 amide bonds. The minimum atomic E-state index is -0.239. The Hall–Kier alpha value is -3.81. The second kappa shape index (κ2) is 9.55. The number of anilines is 1. The molecule has 2 aromatic carbocycles. The maximum atomic E-state index is 13.2. The highest BCUT2D eigenvalue weighted by atomic mass is 19.1. The molecule has 2 heterocycles. The molecule has 1 aliphatic rings. The summed E-state index contributed by atoms with van der Waals surface area (Å²) in [4.78, 5) is 8.48. The van der Waals surface area contributed by atoms with Gasteiger partial charge in [0, 0.05) is 38.1 Å². The first-order valence-electron chi connectivity index (χ1n) is 10.4. The van der Waals surface area contributed by atoms with Gasteiger partial charge in [0.25, 0.3) is 0 Å². The van der Waals surface area contributed by atoms with E-state index in [1.54, 1.807) is 31.6 Å². The highest BCUT2D eigenvalue weighted by molar-refractivity contribution is 5.96. The zero-order chi connectivity index (χ0) is 22.5. The van der Waals surface area contributed by atoms with Gasteiger partial charge in [-0.3, -0.25) is 0 Å². The Morgan fingerprint density at radius 2 is 1.88 bits per heavy atom. The van der Waals surface area contributed by atoms with E-state index in [1.807, 2.05) is 46.9 Å². The van der Waals surface area contributed by atoms with E-state index in [-0.39, 0.29) is 5.82 Å². The van der Waals surface area contributed by atoms with Gasteiger partial charge < -0.3 is 24.3 Å². The molecule has 0 aliphatic carbocycles. The number of nitrogens with zero attached hydrogens (tertiary/aromatic N) is 5. The van der Waals surface area contributed by atoms with Crippen molar-refractivity contribution in [3.05, 3.63) is 78.1 Å². The second-order valence-corrected chi connectivity index (χ2v) is 7.60. The molecule has 32 heavy (non-hydrogen) atoms. The van der Waals surface area contributed by atoms with Gasteiger partial charge in [-0.15, -0.1) is 0 Å². The molecule has 0 saturated carbocycles. The van der Waals surface area contributed by atoms with E-state index in [2.05, 4.69) is 15.0 Å². The fourth-order valence-electron chi connectivity index (χ4n) is 3.78.